The summed E-state index contributed by atoms with van der Waals surface area (Å²) in [5.74, 6) is -0.639. The molecule has 0 saturated heterocycles. The summed E-state index contributed by atoms with van der Waals surface area (Å²) in [5.41, 5.74) is 0.703. The number of ether oxygens (including phenoxy) is 1. The molecule has 3 amide bonds. The van der Waals surface area contributed by atoms with Gasteiger partial charge in [-0.2, -0.15) is 0 Å². The average Bonchev–Trinajstić information content (AvgIpc) is 2.55. The monoisotopic (exact) mass is 377 g/mol. The van der Waals surface area contributed by atoms with Crippen molar-refractivity contribution in [3.8, 4) is 0 Å². The van der Waals surface area contributed by atoms with Crippen LogP contribution in [0.3, 0.4) is 0 Å². The molecule has 0 saturated carbocycles. The molecule has 0 fully saturated rings. The number of hydrogen-bond acceptors (Lipinski definition) is 5. The first-order valence-corrected chi connectivity index (χ1v) is 8.67. The highest BCUT2D eigenvalue weighted by Gasteiger charge is 2.16. The van der Waals surface area contributed by atoms with Gasteiger partial charge in [-0.05, 0) is 45.4 Å². The average molecular weight is 377 g/mol. The maximum Gasteiger partial charge on any atom is 0.408 e. The van der Waals surface area contributed by atoms with E-state index in [-0.39, 0.29) is 37.6 Å². The number of alkyl carbamates (subject to hydrolysis) is 1. The van der Waals surface area contributed by atoms with E-state index in [0.717, 1.165) is 5.56 Å². The number of rotatable bonds is 8. The number of Topliss-reactive ketones (excluding diaryl/α,β-unsaturated/α-hetero) is 1. The summed E-state index contributed by atoms with van der Waals surface area (Å²) in [7, 11) is 0. The quantitative estimate of drug-likeness (QED) is 0.642. The van der Waals surface area contributed by atoms with Gasteiger partial charge in [0.2, 0.25) is 11.8 Å². The standard InChI is InChI=1S/C19H27N3O5/c1-13(23)8-9-16(24)20-11-14-6-5-7-15(10-14)22-17(25)12-21-18(26)27-19(2,3)4/h5-7,10H,8-9,11-12H2,1-4H3,(H,20,24)(H,21,26)(H,22,25). The van der Waals surface area contributed by atoms with Crippen molar-refractivity contribution in [2.45, 2.75) is 52.7 Å². The molecule has 1 aromatic rings. The molecule has 0 spiro atoms. The van der Waals surface area contributed by atoms with E-state index in [9.17, 15) is 19.2 Å². The molecule has 0 aliphatic carbocycles. The third-order valence-corrected chi connectivity index (χ3v) is 3.20. The van der Waals surface area contributed by atoms with Crippen LogP contribution in [0.4, 0.5) is 10.5 Å². The van der Waals surface area contributed by atoms with E-state index >= 15 is 0 Å². The van der Waals surface area contributed by atoms with Gasteiger partial charge in [-0.25, -0.2) is 4.79 Å². The van der Waals surface area contributed by atoms with Crippen LogP contribution >= 0.6 is 0 Å². The van der Waals surface area contributed by atoms with Crippen molar-refractivity contribution in [2.24, 2.45) is 0 Å². The molecule has 1 aromatic carbocycles. The van der Waals surface area contributed by atoms with E-state index in [1.165, 1.54) is 6.92 Å². The van der Waals surface area contributed by atoms with Crippen molar-refractivity contribution in [3.05, 3.63) is 29.8 Å². The zero-order valence-corrected chi connectivity index (χ0v) is 16.2. The number of hydrogen-bond donors (Lipinski definition) is 3. The second-order valence-electron chi connectivity index (χ2n) is 7.08. The molecule has 0 unspecified atom stereocenters. The van der Waals surface area contributed by atoms with Gasteiger partial charge in [-0.15, -0.1) is 0 Å². The minimum atomic E-state index is -0.667. The fourth-order valence-corrected chi connectivity index (χ4v) is 2.01. The summed E-state index contributed by atoms with van der Waals surface area (Å²) in [6, 6.07) is 6.97. The molecule has 0 radical (unpaired) electrons. The Kier molecular flexibility index (Phi) is 8.44. The topological polar surface area (TPSA) is 114 Å². The SMILES string of the molecule is CC(=O)CCC(=O)NCc1cccc(NC(=O)CNC(=O)OC(C)(C)C)c1. The second kappa shape index (κ2) is 10.3. The lowest BCUT2D eigenvalue weighted by Crippen LogP contribution is -2.37. The van der Waals surface area contributed by atoms with Gasteiger partial charge >= 0.3 is 6.09 Å². The predicted octanol–water partition coefficient (Wildman–Crippen LogP) is 2.14. The van der Waals surface area contributed by atoms with E-state index in [1.54, 1.807) is 45.0 Å². The fourth-order valence-electron chi connectivity index (χ4n) is 2.01. The van der Waals surface area contributed by atoms with E-state index in [1.807, 2.05) is 0 Å². The Labute approximate surface area is 159 Å². The van der Waals surface area contributed by atoms with Crippen molar-refractivity contribution in [3.63, 3.8) is 0 Å². The van der Waals surface area contributed by atoms with Crippen molar-refractivity contribution >= 4 is 29.4 Å². The normalized spacial score (nSPS) is 10.7. The molecule has 1 rings (SSSR count). The maximum absolute atomic E-state index is 11.9. The highest BCUT2D eigenvalue weighted by molar-refractivity contribution is 5.93. The van der Waals surface area contributed by atoms with Crippen LogP contribution in [-0.4, -0.2) is 35.8 Å². The Bertz CT molecular complexity index is 695. The zero-order valence-electron chi connectivity index (χ0n) is 16.2. The highest BCUT2D eigenvalue weighted by Crippen LogP contribution is 2.11. The highest BCUT2D eigenvalue weighted by atomic mass is 16.6. The van der Waals surface area contributed by atoms with Crippen LogP contribution in [0.2, 0.25) is 0 Å². The molecule has 0 aliphatic heterocycles. The van der Waals surface area contributed by atoms with Crippen LogP contribution in [0.25, 0.3) is 0 Å². The molecular weight excluding hydrogens is 350 g/mol. The van der Waals surface area contributed by atoms with Crippen LogP contribution in [0, 0.1) is 0 Å². The maximum atomic E-state index is 11.9. The van der Waals surface area contributed by atoms with Crippen molar-refractivity contribution in [2.75, 3.05) is 11.9 Å². The van der Waals surface area contributed by atoms with Crippen LogP contribution in [0.1, 0.15) is 46.1 Å². The predicted molar refractivity (Wildman–Crippen MR) is 101 cm³/mol. The van der Waals surface area contributed by atoms with Crippen LogP contribution in [0.5, 0.6) is 0 Å². The lowest BCUT2D eigenvalue weighted by molar-refractivity contribution is -0.124. The summed E-state index contributed by atoms with van der Waals surface area (Å²) < 4.78 is 5.06. The van der Waals surface area contributed by atoms with Gasteiger partial charge in [-0.3, -0.25) is 9.59 Å². The smallest absolute Gasteiger partial charge is 0.408 e. The largest absolute Gasteiger partial charge is 0.444 e. The molecule has 148 valence electrons. The molecule has 0 bridgehead atoms. The lowest BCUT2D eigenvalue weighted by Gasteiger charge is -2.19. The van der Waals surface area contributed by atoms with E-state index < -0.39 is 17.6 Å². The molecule has 0 aliphatic rings. The second-order valence-corrected chi connectivity index (χ2v) is 7.08. The van der Waals surface area contributed by atoms with E-state index in [4.69, 9.17) is 4.74 Å². The Morgan fingerprint density at radius 3 is 2.33 bits per heavy atom. The van der Waals surface area contributed by atoms with Gasteiger partial charge in [0.1, 0.15) is 17.9 Å². The molecule has 27 heavy (non-hydrogen) atoms. The third-order valence-electron chi connectivity index (χ3n) is 3.20. The molecular formula is C19H27N3O5. The number of carbonyl (C=O) groups is 4. The molecule has 8 heteroatoms. The Balaban J connectivity index is 2.44. The van der Waals surface area contributed by atoms with Gasteiger partial charge in [-0.1, -0.05) is 12.1 Å². The zero-order chi connectivity index (χ0) is 20.4. The Morgan fingerprint density at radius 2 is 1.70 bits per heavy atom. The van der Waals surface area contributed by atoms with Crippen LogP contribution in [-0.2, 0) is 25.7 Å². The number of amides is 3. The minimum Gasteiger partial charge on any atom is -0.444 e. The van der Waals surface area contributed by atoms with Crippen LogP contribution < -0.4 is 16.0 Å². The number of carbonyl (C=O) groups excluding carboxylic acids is 4. The third kappa shape index (κ3) is 10.6. The number of anilines is 1. The van der Waals surface area contributed by atoms with Gasteiger partial charge in [0.25, 0.3) is 0 Å². The Hall–Kier alpha value is -2.90. The van der Waals surface area contributed by atoms with E-state index in [2.05, 4.69) is 16.0 Å². The summed E-state index contributed by atoms with van der Waals surface area (Å²) in [4.78, 5) is 46.0. The Morgan fingerprint density at radius 1 is 1.00 bits per heavy atom. The molecule has 3 N–H and O–H groups in total. The molecule has 0 heterocycles. The molecule has 0 atom stereocenters. The number of ketones is 1. The van der Waals surface area contributed by atoms with Crippen molar-refractivity contribution in [1.29, 1.82) is 0 Å². The van der Waals surface area contributed by atoms with Crippen molar-refractivity contribution < 1.29 is 23.9 Å². The first kappa shape index (κ1) is 22.1. The van der Waals surface area contributed by atoms with Gasteiger partial charge < -0.3 is 25.5 Å². The van der Waals surface area contributed by atoms with Crippen LogP contribution in [0.15, 0.2) is 24.3 Å². The van der Waals surface area contributed by atoms with Gasteiger partial charge in [0, 0.05) is 25.1 Å². The first-order chi connectivity index (χ1) is 12.5. The van der Waals surface area contributed by atoms with Crippen molar-refractivity contribution in [1.82, 2.24) is 10.6 Å². The number of benzene rings is 1. The van der Waals surface area contributed by atoms with Gasteiger partial charge in [0.15, 0.2) is 0 Å². The molecule has 0 aromatic heterocycles. The van der Waals surface area contributed by atoms with E-state index in [0.29, 0.717) is 5.69 Å². The minimum absolute atomic E-state index is 0.0325. The fraction of sp³-hybridized carbons (Fsp3) is 0.474. The molecule has 8 nitrogen and oxygen atoms in total. The first-order valence-electron chi connectivity index (χ1n) is 8.67. The lowest BCUT2D eigenvalue weighted by atomic mass is 10.2. The summed E-state index contributed by atoms with van der Waals surface area (Å²) in [6.45, 7) is 6.71. The summed E-state index contributed by atoms with van der Waals surface area (Å²) in [6.07, 6.45) is -0.297. The summed E-state index contributed by atoms with van der Waals surface area (Å²) in [5, 5.41) is 7.76. The van der Waals surface area contributed by atoms with Gasteiger partial charge in [0.05, 0.1) is 0 Å². The summed E-state index contributed by atoms with van der Waals surface area (Å²) >= 11 is 0. The number of nitrogens with one attached hydrogen (secondary N) is 3.